The van der Waals surface area contributed by atoms with Gasteiger partial charge in [-0.25, -0.2) is 0 Å². The molecule has 148 valence electrons. The Kier molecular flexibility index (Phi) is 5.92. The van der Waals surface area contributed by atoms with E-state index in [1.54, 1.807) is 12.1 Å². The Labute approximate surface area is 172 Å². The van der Waals surface area contributed by atoms with Gasteiger partial charge in [-0.15, -0.1) is 4.91 Å². The summed E-state index contributed by atoms with van der Waals surface area (Å²) in [4.78, 5) is 25.7. The Morgan fingerprint density at radius 1 is 0.793 bits per heavy atom. The zero-order valence-electron chi connectivity index (χ0n) is 17.0. The summed E-state index contributed by atoms with van der Waals surface area (Å²) >= 11 is 0. The number of amides is 1. The molecule has 1 amide bonds. The van der Waals surface area contributed by atoms with Crippen molar-refractivity contribution in [1.82, 2.24) is 5.32 Å². The molecule has 0 unspecified atom stereocenters. The van der Waals surface area contributed by atoms with E-state index >= 15 is 0 Å². The molecule has 4 heteroatoms. The maximum absolute atomic E-state index is 13.1. The van der Waals surface area contributed by atoms with Gasteiger partial charge in [0.1, 0.15) is 0 Å². The van der Waals surface area contributed by atoms with E-state index < -0.39 is 17.0 Å². The van der Waals surface area contributed by atoms with E-state index in [9.17, 15) is 9.70 Å². The molecule has 0 aromatic heterocycles. The average Bonchev–Trinajstić information content (AvgIpc) is 2.75. The van der Waals surface area contributed by atoms with Crippen LogP contribution in [0.5, 0.6) is 0 Å². The van der Waals surface area contributed by atoms with Crippen molar-refractivity contribution in [3.63, 3.8) is 0 Å². The Bertz CT molecular complexity index is 950. The monoisotopic (exact) mass is 386 g/mol. The molecule has 0 heterocycles. The van der Waals surface area contributed by atoms with E-state index in [1.165, 1.54) is 0 Å². The highest BCUT2D eigenvalue weighted by Gasteiger charge is 2.53. The summed E-state index contributed by atoms with van der Waals surface area (Å²) in [7, 11) is 0. The topological polar surface area (TPSA) is 58.5 Å². The summed E-state index contributed by atoms with van der Waals surface area (Å²) in [6.07, 6.45) is 0. The highest BCUT2D eigenvalue weighted by molar-refractivity contribution is 5.94. The van der Waals surface area contributed by atoms with E-state index in [4.69, 9.17) is 0 Å². The molecule has 0 aliphatic heterocycles. The second-order valence-corrected chi connectivity index (χ2v) is 8.16. The third-order valence-electron chi connectivity index (χ3n) is 5.36. The van der Waals surface area contributed by atoms with Crippen molar-refractivity contribution in [2.24, 2.45) is 10.6 Å². The van der Waals surface area contributed by atoms with Crippen LogP contribution < -0.4 is 5.32 Å². The van der Waals surface area contributed by atoms with Crippen molar-refractivity contribution >= 4 is 5.91 Å². The third-order valence-corrected chi connectivity index (χ3v) is 5.36. The number of rotatable bonds is 6. The minimum absolute atomic E-state index is 0.243. The maximum Gasteiger partial charge on any atom is 0.251 e. The molecule has 0 aliphatic carbocycles. The van der Waals surface area contributed by atoms with Gasteiger partial charge in [-0.3, -0.25) is 4.79 Å². The first-order valence-electron chi connectivity index (χ1n) is 9.71. The van der Waals surface area contributed by atoms with Crippen LogP contribution in [0.3, 0.4) is 0 Å². The Morgan fingerprint density at radius 2 is 1.28 bits per heavy atom. The van der Waals surface area contributed by atoms with Crippen LogP contribution in [0.25, 0.3) is 0 Å². The molecule has 3 rings (SSSR count). The lowest BCUT2D eigenvalue weighted by Gasteiger charge is -2.45. The smallest absolute Gasteiger partial charge is 0.251 e. The number of hydrogen-bond donors (Lipinski definition) is 1. The SMILES string of the molecule is CC(C)(C)[C@](N=O)(c1ccccc1)[C@@H](NC(=O)c1ccccc1)c1ccccc1. The normalized spacial score (nSPS) is 14.4. The van der Waals surface area contributed by atoms with E-state index in [-0.39, 0.29) is 5.91 Å². The molecule has 29 heavy (non-hydrogen) atoms. The predicted octanol–water partition coefficient (Wildman–Crippen LogP) is 5.87. The first kappa shape index (κ1) is 20.5. The van der Waals surface area contributed by atoms with Crippen LogP contribution in [0.1, 0.15) is 48.3 Å². The summed E-state index contributed by atoms with van der Waals surface area (Å²) in [5.74, 6) is -0.243. The van der Waals surface area contributed by atoms with Gasteiger partial charge >= 0.3 is 0 Å². The summed E-state index contributed by atoms with van der Waals surface area (Å²) in [6, 6.07) is 27.4. The average molecular weight is 386 g/mol. The molecular formula is C25H26N2O2. The summed E-state index contributed by atoms with van der Waals surface area (Å²) in [5, 5.41) is 6.83. The highest BCUT2D eigenvalue weighted by atomic mass is 16.3. The number of carbonyl (C=O) groups excluding carboxylic acids is 1. The molecular weight excluding hydrogens is 360 g/mol. The zero-order chi connectivity index (χ0) is 20.9. The Balaban J connectivity index is 2.19. The van der Waals surface area contributed by atoms with Gasteiger partial charge in [0.25, 0.3) is 5.91 Å². The van der Waals surface area contributed by atoms with Gasteiger partial charge in [-0.1, -0.05) is 105 Å². The first-order valence-corrected chi connectivity index (χ1v) is 9.71. The van der Waals surface area contributed by atoms with Crippen LogP contribution in [0.15, 0.2) is 96.2 Å². The lowest BCUT2D eigenvalue weighted by atomic mass is 9.64. The minimum atomic E-state index is -1.21. The molecule has 3 aromatic carbocycles. The van der Waals surface area contributed by atoms with Crippen molar-refractivity contribution in [3.05, 3.63) is 113 Å². The van der Waals surface area contributed by atoms with E-state index in [1.807, 2.05) is 99.6 Å². The highest BCUT2D eigenvalue weighted by Crippen LogP contribution is 2.51. The summed E-state index contributed by atoms with van der Waals surface area (Å²) in [5.41, 5.74) is 0.357. The molecule has 0 fully saturated rings. The summed E-state index contributed by atoms with van der Waals surface area (Å²) in [6.45, 7) is 5.93. The van der Waals surface area contributed by atoms with Crippen LogP contribution in [-0.4, -0.2) is 5.91 Å². The van der Waals surface area contributed by atoms with Crippen LogP contribution in [0, 0.1) is 10.3 Å². The number of benzene rings is 3. The molecule has 0 aliphatic rings. The number of carbonyl (C=O) groups is 1. The number of hydrogen-bond acceptors (Lipinski definition) is 3. The lowest BCUT2D eigenvalue weighted by molar-refractivity contribution is 0.0830. The van der Waals surface area contributed by atoms with E-state index in [0.29, 0.717) is 5.56 Å². The van der Waals surface area contributed by atoms with Gasteiger partial charge < -0.3 is 5.32 Å². The number of nitrogens with one attached hydrogen (secondary N) is 1. The van der Waals surface area contributed by atoms with Crippen LogP contribution in [-0.2, 0) is 5.54 Å². The zero-order valence-corrected chi connectivity index (χ0v) is 17.0. The van der Waals surface area contributed by atoms with E-state index in [2.05, 4.69) is 10.5 Å². The largest absolute Gasteiger partial charge is 0.342 e. The van der Waals surface area contributed by atoms with Gasteiger partial charge in [0.2, 0.25) is 0 Å². The fourth-order valence-corrected chi connectivity index (χ4v) is 3.85. The molecule has 3 aromatic rings. The molecule has 0 spiro atoms. The Hall–Kier alpha value is -3.27. The molecule has 2 atom stereocenters. The van der Waals surface area contributed by atoms with Crippen LogP contribution in [0.4, 0.5) is 0 Å². The molecule has 1 N–H and O–H groups in total. The lowest BCUT2D eigenvalue weighted by Crippen LogP contribution is -2.50. The Morgan fingerprint density at radius 3 is 1.76 bits per heavy atom. The van der Waals surface area contributed by atoms with Crippen molar-refractivity contribution in [2.75, 3.05) is 0 Å². The standard InChI is InChI=1S/C25H26N2O2/c1-24(2,3)25(27-29,21-17-11-6-12-18-21)22(19-13-7-4-8-14-19)26-23(28)20-15-9-5-10-16-20/h4-18,22H,1-3H3,(H,26,28)/t22-,25-/m0/s1. The molecule has 4 nitrogen and oxygen atoms in total. The maximum atomic E-state index is 13.1. The number of nitrogens with zero attached hydrogens (tertiary/aromatic N) is 1. The van der Waals surface area contributed by atoms with Crippen LogP contribution >= 0.6 is 0 Å². The van der Waals surface area contributed by atoms with Crippen LogP contribution in [0.2, 0.25) is 0 Å². The van der Waals surface area contributed by atoms with Gasteiger partial charge in [0.05, 0.1) is 6.04 Å². The minimum Gasteiger partial charge on any atom is -0.342 e. The van der Waals surface area contributed by atoms with Crippen molar-refractivity contribution < 1.29 is 4.79 Å². The predicted molar refractivity (Wildman–Crippen MR) is 116 cm³/mol. The molecule has 0 radical (unpaired) electrons. The quantitative estimate of drug-likeness (QED) is 0.539. The third kappa shape index (κ3) is 3.97. The van der Waals surface area contributed by atoms with Crippen molar-refractivity contribution in [3.8, 4) is 0 Å². The summed E-state index contributed by atoms with van der Waals surface area (Å²) < 4.78 is 0. The molecule has 0 bridgehead atoms. The fraction of sp³-hybridized carbons (Fsp3) is 0.240. The first-order chi connectivity index (χ1) is 13.9. The van der Waals surface area contributed by atoms with Gasteiger partial charge in [0, 0.05) is 5.56 Å². The second-order valence-electron chi connectivity index (χ2n) is 8.16. The second kappa shape index (κ2) is 8.39. The fourth-order valence-electron chi connectivity index (χ4n) is 3.85. The molecule has 0 saturated heterocycles. The van der Waals surface area contributed by atoms with E-state index in [0.717, 1.165) is 11.1 Å². The van der Waals surface area contributed by atoms with Crippen molar-refractivity contribution in [1.29, 1.82) is 0 Å². The van der Waals surface area contributed by atoms with Gasteiger partial charge in [0.15, 0.2) is 5.54 Å². The van der Waals surface area contributed by atoms with Crippen molar-refractivity contribution in [2.45, 2.75) is 32.4 Å². The molecule has 0 saturated carbocycles. The number of nitroso groups, excluding NO2 is 1. The van der Waals surface area contributed by atoms with Gasteiger partial charge in [-0.05, 0) is 28.7 Å². The van der Waals surface area contributed by atoms with Gasteiger partial charge in [-0.2, -0.15) is 0 Å².